The second-order valence-corrected chi connectivity index (χ2v) is 6.62. The van der Waals surface area contributed by atoms with Crippen LogP contribution in [0, 0.1) is 17.8 Å². The molecule has 0 aromatic carbocycles. The van der Waals surface area contributed by atoms with Crippen molar-refractivity contribution in [2.75, 3.05) is 0 Å². The predicted molar refractivity (Wildman–Crippen MR) is 83.1 cm³/mol. The molecule has 122 valence electrons. The normalized spacial score (nSPS) is 25.2. The molecule has 21 heavy (non-hydrogen) atoms. The second-order valence-electron chi connectivity index (χ2n) is 6.62. The monoisotopic (exact) mass is 298 g/mol. The van der Waals surface area contributed by atoms with Gasteiger partial charge in [0.2, 0.25) is 0 Å². The fourth-order valence-electron chi connectivity index (χ4n) is 3.17. The summed E-state index contributed by atoms with van der Waals surface area (Å²) >= 11 is 0. The van der Waals surface area contributed by atoms with E-state index in [9.17, 15) is 14.7 Å². The summed E-state index contributed by atoms with van der Waals surface area (Å²) in [6.07, 6.45) is 5.18. The zero-order chi connectivity index (χ0) is 16.0. The van der Waals surface area contributed by atoms with E-state index in [-0.39, 0.29) is 18.0 Å². The molecule has 4 unspecified atom stereocenters. The summed E-state index contributed by atoms with van der Waals surface area (Å²) < 4.78 is 0. The first-order chi connectivity index (χ1) is 9.86. The van der Waals surface area contributed by atoms with Crippen LogP contribution in [0.3, 0.4) is 0 Å². The van der Waals surface area contributed by atoms with Crippen LogP contribution in [-0.4, -0.2) is 29.2 Å². The molecule has 0 aromatic heterocycles. The number of carbonyl (C=O) groups excluding carboxylic acids is 1. The maximum absolute atomic E-state index is 12.1. The lowest BCUT2D eigenvalue weighted by atomic mass is 9.78. The third-order valence-corrected chi connectivity index (χ3v) is 4.76. The van der Waals surface area contributed by atoms with Crippen molar-refractivity contribution >= 4 is 12.0 Å². The fourth-order valence-corrected chi connectivity index (χ4v) is 3.17. The summed E-state index contributed by atoms with van der Waals surface area (Å²) in [6, 6.07) is -1.01. The van der Waals surface area contributed by atoms with E-state index < -0.39 is 12.0 Å². The number of carbonyl (C=O) groups is 2. The van der Waals surface area contributed by atoms with Crippen LogP contribution in [0.4, 0.5) is 4.79 Å². The highest BCUT2D eigenvalue weighted by atomic mass is 16.4. The van der Waals surface area contributed by atoms with E-state index in [1.807, 2.05) is 13.8 Å². The van der Waals surface area contributed by atoms with Crippen molar-refractivity contribution in [3.05, 3.63) is 0 Å². The number of rotatable bonds is 6. The molecule has 5 heteroatoms. The van der Waals surface area contributed by atoms with Crippen LogP contribution in [0.1, 0.15) is 59.8 Å². The van der Waals surface area contributed by atoms with Crippen LogP contribution >= 0.6 is 0 Å². The van der Waals surface area contributed by atoms with Crippen molar-refractivity contribution in [1.82, 2.24) is 10.6 Å². The second kappa shape index (κ2) is 8.25. The largest absolute Gasteiger partial charge is 0.480 e. The topological polar surface area (TPSA) is 78.4 Å². The van der Waals surface area contributed by atoms with Gasteiger partial charge in [0.25, 0.3) is 0 Å². The van der Waals surface area contributed by atoms with Crippen LogP contribution in [0.25, 0.3) is 0 Å². The van der Waals surface area contributed by atoms with Gasteiger partial charge in [0.05, 0.1) is 0 Å². The minimum Gasteiger partial charge on any atom is -0.480 e. The van der Waals surface area contributed by atoms with Gasteiger partial charge >= 0.3 is 12.0 Å². The smallest absolute Gasteiger partial charge is 0.326 e. The van der Waals surface area contributed by atoms with E-state index in [0.717, 1.165) is 25.7 Å². The number of hydrogen-bond donors (Lipinski definition) is 3. The Morgan fingerprint density at radius 2 is 1.81 bits per heavy atom. The molecule has 3 N–H and O–H groups in total. The molecule has 2 amide bonds. The Morgan fingerprint density at radius 1 is 1.19 bits per heavy atom. The number of carboxylic acid groups (broad SMARTS) is 1. The highest BCUT2D eigenvalue weighted by Crippen LogP contribution is 2.30. The lowest BCUT2D eigenvalue weighted by molar-refractivity contribution is -0.140. The molecule has 1 fully saturated rings. The minimum absolute atomic E-state index is 0.0829. The molecular formula is C16H30N2O3. The molecule has 0 aliphatic heterocycles. The molecule has 1 saturated carbocycles. The first-order valence-corrected chi connectivity index (χ1v) is 8.16. The summed E-state index contributed by atoms with van der Waals surface area (Å²) in [4.78, 5) is 23.4. The zero-order valence-corrected chi connectivity index (χ0v) is 13.7. The Labute approximate surface area is 127 Å². The van der Waals surface area contributed by atoms with Crippen molar-refractivity contribution in [3.63, 3.8) is 0 Å². The summed E-state index contributed by atoms with van der Waals surface area (Å²) in [7, 11) is 0. The lowest BCUT2D eigenvalue weighted by Gasteiger charge is -2.35. The van der Waals surface area contributed by atoms with Gasteiger partial charge in [0, 0.05) is 6.04 Å². The van der Waals surface area contributed by atoms with E-state index in [1.165, 1.54) is 6.42 Å². The molecule has 4 atom stereocenters. The molecule has 0 saturated heterocycles. The molecule has 1 aliphatic rings. The average Bonchev–Trinajstić information content (AvgIpc) is 2.44. The lowest BCUT2D eigenvalue weighted by Crippen LogP contribution is -2.53. The third-order valence-electron chi connectivity index (χ3n) is 4.76. The van der Waals surface area contributed by atoms with Crippen LogP contribution in [0.5, 0.6) is 0 Å². The van der Waals surface area contributed by atoms with E-state index in [1.54, 1.807) is 0 Å². The van der Waals surface area contributed by atoms with Gasteiger partial charge in [-0.1, -0.05) is 47.0 Å². The zero-order valence-electron chi connectivity index (χ0n) is 13.7. The van der Waals surface area contributed by atoms with Gasteiger partial charge in [0.15, 0.2) is 0 Å². The van der Waals surface area contributed by atoms with Crippen molar-refractivity contribution in [1.29, 1.82) is 0 Å². The standard InChI is InChI=1S/C16H30N2O3/c1-5-11(4)14(15(19)20)18-16(21)17-13-9-7-6-8-12(13)10(2)3/h10-14H,5-9H2,1-4H3,(H,19,20)(H2,17,18,21). The maximum Gasteiger partial charge on any atom is 0.326 e. The quantitative estimate of drug-likeness (QED) is 0.705. The molecule has 1 rings (SSSR count). The summed E-state index contributed by atoms with van der Waals surface area (Å²) in [6.45, 7) is 8.14. The molecule has 0 radical (unpaired) electrons. The molecule has 0 aromatic rings. The number of nitrogens with one attached hydrogen (secondary N) is 2. The van der Waals surface area contributed by atoms with Gasteiger partial charge in [-0.3, -0.25) is 0 Å². The van der Waals surface area contributed by atoms with Gasteiger partial charge in [-0.15, -0.1) is 0 Å². The number of aliphatic carboxylic acids is 1. The Balaban J connectivity index is 2.60. The summed E-state index contributed by atoms with van der Waals surface area (Å²) in [5.74, 6) is -0.0409. The Bertz CT molecular complexity index is 357. The van der Waals surface area contributed by atoms with Gasteiger partial charge in [-0.2, -0.15) is 0 Å². The number of urea groups is 1. The van der Waals surface area contributed by atoms with E-state index in [0.29, 0.717) is 11.8 Å². The summed E-state index contributed by atoms with van der Waals surface area (Å²) in [5.41, 5.74) is 0. The van der Waals surface area contributed by atoms with Crippen molar-refractivity contribution in [2.24, 2.45) is 17.8 Å². The Morgan fingerprint density at radius 3 is 2.33 bits per heavy atom. The molecular weight excluding hydrogens is 268 g/mol. The van der Waals surface area contributed by atoms with Crippen molar-refractivity contribution < 1.29 is 14.7 Å². The van der Waals surface area contributed by atoms with Crippen LogP contribution in [-0.2, 0) is 4.79 Å². The molecule has 0 heterocycles. The molecule has 0 bridgehead atoms. The molecule has 0 spiro atoms. The van der Waals surface area contributed by atoms with Gasteiger partial charge < -0.3 is 15.7 Å². The van der Waals surface area contributed by atoms with Crippen LogP contribution in [0.15, 0.2) is 0 Å². The minimum atomic E-state index is -0.969. The van der Waals surface area contributed by atoms with Crippen LogP contribution in [0.2, 0.25) is 0 Å². The first kappa shape index (κ1) is 17.8. The maximum atomic E-state index is 12.1. The number of hydrogen-bond acceptors (Lipinski definition) is 2. The number of amides is 2. The molecule has 5 nitrogen and oxygen atoms in total. The van der Waals surface area contributed by atoms with E-state index in [4.69, 9.17) is 0 Å². The van der Waals surface area contributed by atoms with E-state index in [2.05, 4.69) is 24.5 Å². The average molecular weight is 298 g/mol. The fraction of sp³-hybridized carbons (Fsp3) is 0.875. The highest BCUT2D eigenvalue weighted by molar-refractivity contribution is 5.82. The van der Waals surface area contributed by atoms with Crippen molar-refractivity contribution in [3.8, 4) is 0 Å². The van der Waals surface area contributed by atoms with Crippen LogP contribution < -0.4 is 10.6 Å². The van der Waals surface area contributed by atoms with Gasteiger partial charge in [-0.05, 0) is 30.6 Å². The first-order valence-electron chi connectivity index (χ1n) is 8.16. The SMILES string of the molecule is CCC(C)C(NC(=O)NC1CCCCC1C(C)C)C(=O)O. The van der Waals surface area contributed by atoms with E-state index >= 15 is 0 Å². The summed E-state index contributed by atoms with van der Waals surface area (Å²) in [5, 5.41) is 14.9. The predicted octanol–water partition coefficient (Wildman–Crippen LogP) is 3.00. The third kappa shape index (κ3) is 5.21. The van der Waals surface area contributed by atoms with Gasteiger partial charge in [-0.25, -0.2) is 9.59 Å². The highest BCUT2D eigenvalue weighted by Gasteiger charge is 2.30. The Kier molecular flexibility index (Phi) is 6.99. The Hall–Kier alpha value is -1.26. The number of carboxylic acids is 1. The molecule has 1 aliphatic carbocycles. The van der Waals surface area contributed by atoms with Gasteiger partial charge in [0.1, 0.15) is 6.04 Å². The van der Waals surface area contributed by atoms with Crippen molar-refractivity contribution in [2.45, 2.75) is 71.9 Å².